The smallest absolute Gasteiger partial charge is 0.201 e. The number of rotatable bonds is 2. The van der Waals surface area contributed by atoms with E-state index in [1.165, 1.54) is 0 Å². The lowest BCUT2D eigenvalue weighted by atomic mass is 10.1. The first kappa shape index (κ1) is 9.52. The van der Waals surface area contributed by atoms with Crippen LogP contribution < -0.4 is 5.73 Å². The van der Waals surface area contributed by atoms with Gasteiger partial charge in [-0.1, -0.05) is 19.0 Å². The van der Waals surface area contributed by atoms with Crippen molar-refractivity contribution in [1.82, 2.24) is 5.16 Å². The molecule has 4 heteroatoms. The summed E-state index contributed by atoms with van der Waals surface area (Å²) < 4.78 is 6.36. The summed E-state index contributed by atoms with van der Waals surface area (Å²) in [7, 11) is 0. The maximum Gasteiger partial charge on any atom is 0.201 e. The normalized spacial score (nSPS) is 11.7. The second-order valence-electron chi connectivity index (χ2n) is 3.96. The van der Waals surface area contributed by atoms with Crippen LogP contribution in [0.5, 0.6) is 0 Å². The number of hydrogen-bond acceptors (Lipinski definition) is 4. The molecule has 14 heavy (non-hydrogen) atoms. The quantitative estimate of drug-likeness (QED) is 0.829. The molecule has 2 N–H and O–H groups in total. The fourth-order valence-corrected chi connectivity index (χ4v) is 2.46. The zero-order valence-corrected chi connectivity index (χ0v) is 9.44. The third-order valence-electron chi connectivity index (χ3n) is 2.20. The number of nitrogens with two attached hydrogens (primary N) is 1. The summed E-state index contributed by atoms with van der Waals surface area (Å²) in [4.78, 5) is 1.12. The van der Waals surface area contributed by atoms with Crippen LogP contribution in [0, 0.1) is 12.8 Å². The Kier molecular flexibility index (Phi) is 2.23. The predicted octanol–water partition coefficient (Wildman–Crippen LogP) is 2.98. The molecular formula is C10H14N2OS. The fourth-order valence-electron chi connectivity index (χ4n) is 1.48. The maximum absolute atomic E-state index is 5.86. The van der Waals surface area contributed by atoms with Crippen molar-refractivity contribution < 1.29 is 4.52 Å². The summed E-state index contributed by atoms with van der Waals surface area (Å²) in [6.07, 6.45) is 0.951. The van der Waals surface area contributed by atoms with Crippen LogP contribution >= 0.6 is 11.3 Å². The van der Waals surface area contributed by atoms with Crippen LogP contribution in [0.2, 0.25) is 0 Å². The molecule has 2 aromatic rings. The average molecular weight is 210 g/mol. The fraction of sp³-hybridized carbons (Fsp3) is 0.500. The zero-order valence-electron chi connectivity index (χ0n) is 8.63. The summed E-state index contributed by atoms with van der Waals surface area (Å²) in [6, 6.07) is 0. The van der Waals surface area contributed by atoms with Gasteiger partial charge in [-0.05, 0) is 19.3 Å². The minimum atomic E-state index is 0.590. The monoisotopic (exact) mass is 210 g/mol. The lowest BCUT2D eigenvalue weighted by Gasteiger charge is -1.97. The number of aromatic nitrogens is 1. The van der Waals surface area contributed by atoms with E-state index in [9.17, 15) is 0 Å². The van der Waals surface area contributed by atoms with Gasteiger partial charge in [0.05, 0.1) is 10.4 Å². The minimum Gasteiger partial charge on any atom is -0.395 e. The first-order chi connectivity index (χ1) is 6.59. The molecule has 0 saturated heterocycles. The highest BCUT2D eigenvalue weighted by molar-refractivity contribution is 7.19. The van der Waals surface area contributed by atoms with Crippen molar-refractivity contribution in [1.29, 1.82) is 0 Å². The standard InChI is InChI=1S/C10H14N2OS/c1-5(2)4-7-10-9(13-12-7)8(11)6(3)14-10/h5H,4,11H2,1-3H3. The van der Waals surface area contributed by atoms with Crippen LogP contribution in [0.25, 0.3) is 10.3 Å². The Morgan fingerprint density at radius 2 is 2.21 bits per heavy atom. The summed E-state index contributed by atoms with van der Waals surface area (Å²) >= 11 is 1.67. The maximum atomic E-state index is 5.86. The Bertz CT molecular complexity index is 456. The Morgan fingerprint density at radius 1 is 1.50 bits per heavy atom. The second kappa shape index (κ2) is 3.28. The van der Waals surface area contributed by atoms with Gasteiger partial charge < -0.3 is 10.3 Å². The summed E-state index contributed by atoms with van der Waals surface area (Å²) in [5.74, 6) is 0.590. The number of anilines is 1. The molecule has 2 heterocycles. The van der Waals surface area contributed by atoms with E-state index in [0.29, 0.717) is 5.92 Å². The van der Waals surface area contributed by atoms with Crippen molar-refractivity contribution in [2.75, 3.05) is 5.73 Å². The third-order valence-corrected chi connectivity index (χ3v) is 3.35. The van der Waals surface area contributed by atoms with Gasteiger partial charge in [-0.2, -0.15) is 0 Å². The molecule has 0 aliphatic rings. The lowest BCUT2D eigenvalue weighted by molar-refractivity contribution is 0.440. The van der Waals surface area contributed by atoms with Gasteiger partial charge in [-0.15, -0.1) is 11.3 Å². The van der Waals surface area contributed by atoms with Gasteiger partial charge >= 0.3 is 0 Å². The molecule has 0 fully saturated rings. The molecule has 0 amide bonds. The van der Waals surface area contributed by atoms with Crippen molar-refractivity contribution in [3.05, 3.63) is 10.6 Å². The minimum absolute atomic E-state index is 0.590. The van der Waals surface area contributed by atoms with Crippen molar-refractivity contribution in [2.24, 2.45) is 5.92 Å². The highest BCUT2D eigenvalue weighted by atomic mass is 32.1. The Morgan fingerprint density at radius 3 is 2.86 bits per heavy atom. The lowest BCUT2D eigenvalue weighted by Crippen LogP contribution is -1.93. The van der Waals surface area contributed by atoms with Crippen molar-refractivity contribution in [3.63, 3.8) is 0 Å². The highest BCUT2D eigenvalue weighted by Gasteiger charge is 2.16. The second-order valence-corrected chi connectivity index (χ2v) is 5.18. The zero-order chi connectivity index (χ0) is 10.3. The molecule has 0 aromatic carbocycles. The molecule has 0 atom stereocenters. The molecule has 0 aliphatic heterocycles. The first-order valence-electron chi connectivity index (χ1n) is 4.72. The molecule has 3 nitrogen and oxygen atoms in total. The number of aryl methyl sites for hydroxylation is 1. The van der Waals surface area contributed by atoms with Crippen molar-refractivity contribution in [3.8, 4) is 0 Å². The van der Waals surface area contributed by atoms with Gasteiger partial charge in [0.1, 0.15) is 5.69 Å². The van der Waals surface area contributed by atoms with Crippen molar-refractivity contribution >= 4 is 27.3 Å². The van der Waals surface area contributed by atoms with Gasteiger partial charge in [0.25, 0.3) is 0 Å². The number of nitrogens with zero attached hydrogens (tertiary/aromatic N) is 1. The van der Waals surface area contributed by atoms with Gasteiger partial charge in [0, 0.05) is 4.88 Å². The van der Waals surface area contributed by atoms with Crippen LogP contribution in [0.1, 0.15) is 24.4 Å². The van der Waals surface area contributed by atoms with Crippen LogP contribution in [0.4, 0.5) is 5.69 Å². The van der Waals surface area contributed by atoms with Crippen molar-refractivity contribution in [2.45, 2.75) is 27.2 Å². The molecule has 2 aromatic heterocycles. The third kappa shape index (κ3) is 1.39. The molecule has 0 bridgehead atoms. The number of fused-ring (bicyclic) bond motifs is 1. The summed E-state index contributed by atoms with van der Waals surface area (Å²) in [5, 5.41) is 4.05. The number of nitrogen functional groups attached to an aromatic ring is 1. The first-order valence-corrected chi connectivity index (χ1v) is 5.54. The van der Waals surface area contributed by atoms with E-state index in [1.807, 2.05) is 6.92 Å². The predicted molar refractivity (Wildman–Crippen MR) is 59.6 cm³/mol. The van der Waals surface area contributed by atoms with Crippen LogP contribution in [0.3, 0.4) is 0 Å². The van der Waals surface area contributed by atoms with Crippen LogP contribution in [-0.2, 0) is 6.42 Å². The molecule has 76 valence electrons. The van der Waals surface area contributed by atoms with E-state index < -0.39 is 0 Å². The summed E-state index contributed by atoms with van der Waals surface area (Å²) in [6.45, 7) is 6.35. The molecular weight excluding hydrogens is 196 g/mol. The van der Waals surface area contributed by atoms with E-state index in [4.69, 9.17) is 10.3 Å². The van der Waals surface area contributed by atoms with Crippen LogP contribution in [0.15, 0.2) is 4.52 Å². The van der Waals surface area contributed by atoms with E-state index >= 15 is 0 Å². The number of thiophene rings is 1. The molecule has 0 spiro atoms. The Balaban J connectivity index is 2.52. The molecule has 2 rings (SSSR count). The van der Waals surface area contributed by atoms with Gasteiger partial charge in [0.15, 0.2) is 0 Å². The molecule has 0 saturated carbocycles. The van der Waals surface area contributed by atoms with E-state index in [-0.39, 0.29) is 0 Å². The van der Waals surface area contributed by atoms with E-state index in [1.54, 1.807) is 11.3 Å². The largest absolute Gasteiger partial charge is 0.395 e. The molecule has 0 radical (unpaired) electrons. The van der Waals surface area contributed by atoms with Gasteiger partial charge in [-0.25, -0.2) is 0 Å². The van der Waals surface area contributed by atoms with Gasteiger partial charge in [0.2, 0.25) is 5.58 Å². The van der Waals surface area contributed by atoms with E-state index in [0.717, 1.165) is 33.0 Å². The van der Waals surface area contributed by atoms with E-state index in [2.05, 4.69) is 19.0 Å². The average Bonchev–Trinajstić information content (AvgIpc) is 2.57. The Hall–Kier alpha value is -1.03. The Labute approximate surface area is 86.9 Å². The molecule has 0 unspecified atom stereocenters. The SMILES string of the molecule is Cc1sc2c(CC(C)C)noc2c1N. The topological polar surface area (TPSA) is 52.0 Å². The molecule has 0 aliphatic carbocycles. The van der Waals surface area contributed by atoms with Gasteiger partial charge in [-0.3, -0.25) is 0 Å². The summed E-state index contributed by atoms with van der Waals surface area (Å²) in [5.41, 5.74) is 8.41. The van der Waals surface area contributed by atoms with Crippen LogP contribution in [-0.4, -0.2) is 5.16 Å². The number of hydrogen-bond donors (Lipinski definition) is 1. The highest BCUT2D eigenvalue weighted by Crippen LogP contribution is 2.35.